The fourth-order valence-corrected chi connectivity index (χ4v) is 3.42. The molecule has 7 nitrogen and oxygen atoms in total. The van der Waals surface area contributed by atoms with Crippen LogP contribution < -0.4 is 10.6 Å². The van der Waals surface area contributed by atoms with Crippen molar-refractivity contribution in [3.8, 4) is 5.69 Å². The van der Waals surface area contributed by atoms with E-state index in [1.807, 2.05) is 0 Å². The smallest absolute Gasteiger partial charge is 0.368 e. The van der Waals surface area contributed by atoms with Crippen molar-refractivity contribution in [3.63, 3.8) is 0 Å². The van der Waals surface area contributed by atoms with Gasteiger partial charge in [-0.15, -0.1) is 0 Å². The van der Waals surface area contributed by atoms with Gasteiger partial charge in [-0.1, -0.05) is 18.2 Å². The molecule has 0 spiro atoms. The summed E-state index contributed by atoms with van der Waals surface area (Å²) in [6.07, 6.45) is -2.20. The number of halogens is 3. The van der Waals surface area contributed by atoms with Gasteiger partial charge in [0.25, 0.3) is 11.8 Å². The number of carbonyl (C=O) groups excluding carboxylic acids is 2. The lowest BCUT2D eigenvalue weighted by molar-refractivity contribution is -0.141. The van der Waals surface area contributed by atoms with Crippen molar-refractivity contribution in [2.24, 2.45) is 0 Å². The molecule has 10 heteroatoms. The first-order valence-corrected chi connectivity index (χ1v) is 10.3. The standard InChI is InChI=1S/C23H21F3N4O3/c24-23(25,26)20-10-11-30(29-20)18-8-6-15(7-9-18)14-27-21(31)16-3-1-4-17(13-16)28-22(32)19-5-2-12-33-19/h1,3-4,6-11,13,19H,2,5,12,14H2,(H,27,31)(H,28,32). The summed E-state index contributed by atoms with van der Waals surface area (Å²) in [7, 11) is 0. The first kappa shape index (κ1) is 22.5. The highest BCUT2D eigenvalue weighted by molar-refractivity contribution is 5.98. The van der Waals surface area contributed by atoms with E-state index in [9.17, 15) is 22.8 Å². The molecule has 2 amide bonds. The summed E-state index contributed by atoms with van der Waals surface area (Å²) < 4.78 is 44.6. The van der Waals surface area contributed by atoms with Crippen LogP contribution in [0.1, 0.15) is 34.5 Å². The average molecular weight is 458 g/mol. The number of alkyl halides is 3. The summed E-state index contributed by atoms with van der Waals surface area (Å²) in [5.74, 6) is -0.557. The number of nitrogens with one attached hydrogen (secondary N) is 2. The second kappa shape index (κ2) is 9.45. The number of anilines is 1. The molecule has 0 bridgehead atoms. The Morgan fingerprint density at radius 1 is 1.12 bits per heavy atom. The van der Waals surface area contributed by atoms with Crippen LogP contribution in [0.25, 0.3) is 5.69 Å². The van der Waals surface area contributed by atoms with Gasteiger partial charge in [-0.2, -0.15) is 18.3 Å². The summed E-state index contributed by atoms with van der Waals surface area (Å²) in [6, 6.07) is 14.1. The lowest BCUT2D eigenvalue weighted by Gasteiger charge is -2.11. The van der Waals surface area contributed by atoms with E-state index < -0.39 is 18.0 Å². The van der Waals surface area contributed by atoms with Crippen LogP contribution in [0.5, 0.6) is 0 Å². The van der Waals surface area contributed by atoms with Gasteiger partial charge in [-0.25, -0.2) is 4.68 Å². The zero-order chi connectivity index (χ0) is 23.4. The highest BCUT2D eigenvalue weighted by Crippen LogP contribution is 2.28. The largest absolute Gasteiger partial charge is 0.435 e. The molecule has 2 aromatic carbocycles. The lowest BCUT2D eigenvalue weighted by Crippen LogP contribution is -2.27. The number of benzene rings is 2. The van der Waals surface area contributed by atoms with Gasteiger partial charge >= 0.3 is 6.18 Å². The van der Waals surface area contributed by atoms with Gasteiger partial charge < -0.3 is 15.4 Å². The third-order valence-electron chi connectivity index (χ3n) is 5.15. The molecule has 1 fully saturated rings. The number of hydrogen-bond acceptors (Lipinski definition) is 4. The molecule has 1 aromatic heterocycles. The fourth-order valence-electron chi connectivity index (χ4n) is 3.42. The number of ether oxygens (including phenoxy) is 1. The van der Waals surface area contributed by atoms with E-state index in [1.54, 1.807) is 48.5 Å². The Bertz CT molecular complexity index is 1140. The third-order valence-corrected chi connectivity index (χ3v) is 5.15. The van der Waals surface area contributed by atoms with Gasteiger partial charge in [-0.05, 0) is 54.8 Å². The van der Waals surface area contributed by atoms with E-state index in [0.29, 0.717) is 30.0 Å². The van der Waals surface area contributed by atoms with Crippen LogP contribution in [0, 0.1) is 0 Å². The Morgan fingerprint density at radius 2 is 1.91 bits per heavy atom. The van der Waals surface area contributed by atoms with Crippen molar-refractivity contribution in [3.05, 3.63) is 77.6 Å². The van der Waals surface area contributed by atoms with Gasteiger partial charge in [0, 0.05) is 30.6 Å². The number of aromatic nitrogens is 2. The maximum atomic E-state index is 12.7. The molecular formula is C23H21F3N4O3. The summed E-state index contributed by atoms with van der Waals surface area (Å²) in [6.45, 7) is 0.788. The Morgan fingerprint density at radius 3 is 2.58 bits per heavy atom. The van der Waals surface area contributed by atoms with E-state index in [0.717, 1.165) is 22.7 Å². The number of hydrogen-bond donors (Lipinski definition) is 2. The fraction of sp³-hybridized carbons (Fsp3) is 0.261. The van der Waals surface area contributed by atoms with E-state index in [1.165, 1.54) is 6.20 Å². The molecule has 2 N–H and O–H groups in total. The second-order valence-electron chi connectivity index (χ2n) is 7.56. The molecule has 4 rings (SSSR count). The van der Waals surface area contributed by atoms with Crippen LogP contribution >= 0.6 is 0 Å². The summed E-state index contributed by atoms with van der Waals surface area (Å²) in [5.41, 5.74) is 1.15. The lowest BCUT2D eigenvalue weighted by atomic mass is 10.1. The monoisotopic (exact) mass is 458 g/mol. The minimum Gasteiger partial charge on any atom is -0.368 e. The Kier molecular flexibility index (Phi) is 6.45. The molecule has 3 aromatic rings. The minimum atomic E-state index is -4.50. The number of carbonyl (C=O) groups is 2. The summed E-state index contributed by atoms with van der Waals surface area (Å²) in [5, 5.41) is 9.08. The number of rotatable bonds is 6. The van der Waals surface area contributed by atoms with Gasteiger partial charge in [-0.3, -0.25) is 9.59 Å². The highest BCUT2D eigenvalue weighted by atomic mass is 19.4. The Hall–Kier alpha value is -3.66. The highest BCUT2D eigenvalue weighted by Gasteiger charge is 2.33. The Balaban J connectivity index is 1.34. The molecule has 0 saturated carbocycles. The summed E-state index contributed by atoms with van der Waals surface area (Å²) >= 11 is 0. The maximum Gasteiger partial charge on any atom is 0.435 e. The van der Waals surface area contributed by atoms with E-state index in [-0.39, 0.29) is 18.4 Å². The molecule has 1 aliphatic heterocycles. The van der Waals surface area contributed by atoms with Gasteiger partial charge in [0.15, 0.2) is 5.69 Å². The zero-order valence-corrected chi connectivity index (χ0v) is 17.4. The quantitative estimate of drug-likeness (QED) is 0.586. The van der Waals surface area contributed by atoms with Gasteiger partial charge in [0.1, 0.15) is 6.10 Å². The van der Waals surface area contributed by atoms with E-state index >= 15 is 0 Å². The number of nitrogens with zero attached hydrogens (tertiary/aromatic N) is 2. The van der Waals surface area contributed by atoms with E-state index in [4.69, 9.17) is 4.74 Å². The van der Waals surface area contributed by atoms with Crippen molar-refractivity contribution in [1.82, 2.24) is 15.1 Å². The normalized spacial score (nSPS) is 15.9. The molecular weight excluding hydrogens is 437 g/mol. The first-order chi connectivity index (χ1) is 15.8. The average Bonchev–Trinajstić information content (AvgIpc) is 3.50. The van der Waals surface area contributed by atoms with Crippen molar-refractivity contribution in [2.45, 2.75) is 31.7 Å². The molecule has 1 atom stereocenters. The van der Waals surface area contributed by atoms with Crippen molar-refractivity contribution < 1.29 is 27.5 Å². The second-order valence-corrected chi connectivity index (χ2v) is 7.56. The van der Waals surface area contributed by atoms with Crippen molar-refractivity contribution in [2.75, 3.05) is 11.9 Å². The van der Waals surface area contributed by atoms with Crippen LogP contribution in [0.4, 0.5) is 18.9 Å². The SMILES string of the molecule is O=C(NCc1ccc(-n2ccc(C(F)(F)F)n2)cc1)c1cccc(NC(=O)C2CCCO2)c1. The molecule has 33 heavy (non-hydrogen) atoms. The first-order valence-electron chi connectivity index (χ1n) is 10.3. The molecule has 1 unspecified atom stereocenters. The maximum absolute atomic E-state index is 12.7. The van der Waals surface area contributed by atoms with Crippen molar-refractivity contribution >= 4 is 17.5 Å². The predicted octanol–water partition coefficient (Wildman–Crippen LogP) is 3.94. The predicted molar refractivity (Wildman–Crippen MR) is 114 cm³/mol. The topological polar surface area (TPSA) is 85.3 Å². The van der Waals surface area contributed by atoms with Crippen LogP contribution in [0.2, 0.25) is 0 Å². The molecule has 1 aliphatic rings. The van der Waals surface area contributed by atoms with Crippen LogP contribution in [0.15, 0.2) is 60.8 Å². The molecule has 172 valence electrons. The molecule has 0 aliphatic carbocycles. The van der Waals surface area contributed by atoms with Crippen LogP contribution in [0.3, 0.4) is 0 Å². The van der Waals surface area contributed by atoms with Crippen LogP contribution in [-0.4, -0.2) is 34.3 Å². The van der Waals surface area contributed by atoms with Gasteiger partial charge in [0.2, 0.25) is 0 Å². The minimum absolute atomic E-state index is 0.221. The summed E-state index contributed by atoms with van der Waals surface area (Å²) in [4.78, 5) is 24.7. The third kappa shape index (κ3) is 5.58. The van der Waals surface area contributed by atoms with Crippen molar-refractivity contribution in [1.29, 1.82) is 0 Å². The molecule has 0 radical (unpaired) electrons. The van der Waals surface area contributed by atoms with Gasteiger partial charge in [0.05, 0.1) is 5.69 Å². The number of amides is 2. The molecule has 1 saturated heterocycles. The van der Waals surface area contributed by atoms with E-state index in [2.05, 4.69) is 15.7 Å². The van der Waals surface area contributed by atoms with Crippen LogP contribution in [-0.2, 0) is 22.3 Å². The molecule has 2 heterocycles. The zero-order valence-electron chi connectivity index (χ0n) is 17.4. The Labute approximate surface area is 187 Å².